The first-order valence-corrected chi connectivity index (χ1v) is 6.66. The summed E-state index contributed by atoms with van der Waals surface area (Å²) in [6, 6.07) is 3.24. The second-order valence-electron chi connectivity index (χ2n) is 5.11. The highest BCUT2D eigenvalue weighted by Gasteiger charge is 2.35. The lowest BCUT2D eigenvalue weighted by Gasteiger charge is -2.18. The van der Waals surface area contributed by atoms with Crippen molar-refractivity contribution < 1.29 is 13.9 Å². The van der Waals surface area contributed by atoms with E-state index in [-0.39, 0.29) is 23.3 Å². The summed E-state index contributed by atoms with van der Waals surface area (Å²) in [6.07, 6.45) is 0. The molecule has 1 fully saturated rings. The third kappa shape index (κ3) is 2.85. The number of nitrogens with one attached hydrogen (secondary N) is 1. The maximum atomic E-state index is 14.0. The summed E-state index contributed by atoms with van der Waals surface area (Å²) in [5.74, 6) is -0.876. The highest BCUT2D eigenvalue weighted by molar-refractivity contribution is 6.00. The van der Waals surface area contributed by atoms with Gasteiger partial charge in [0, 0.05) is 6.04 Å². The third-order valence-electron chi connectivity index (χ3n) is 3.56. The molecule has 4 heteroatoms. The molecule has 104 valence electrons. The average molecular weight is 265 g/mol. The number of ketones is 1. The highest BCUT2D eigenvalue weighted by atomic mass is 19.1. The molecule has 2 rings (SSSR count). The molecule has 0 spiro atoms. The molecule has 1 aromatic rings. The van der Waals surface area contributed by atoms with E-state index in [1.54, 1.807) is 6.92 Å². The molecule has 0 aromatic heterocycles. The van der Waals surface area contributed by atoms with E-state index in [4.69, 9.17) is 4.74 Å². The molecule has 0 saturated carbocycles. The van der Waals surface area contributed by atoms with Crippen molar-refractivity contribution in [1.82, 2.24) is 5.32 Å². The fourth-order valence-corrected chi connectivity index (χ4v) is 2.69. The van der Waals surface area contributed by atoms with Crippen LogP contribution in [0.25, 0.3) is 0 Å². The number of halogens is 1. The van der Waals surface area contributed by atoms with Gasteiger partial charge >= 0.3 is 0 Å². The van der Waals surface area contributed by atoms with Crippen LogP contribution in [0.5, 0.6) is 0 Å². The van der Waals surface area contributed by atoms with Gasteiger partial charge < -0.3 is 10.1 Å². The van der Waals surface area contributed by atoms with Crippen LogP contribution in [0.1, 0.15) is 28.4 Å². The normalized spacial score (nSPS) is 22.7. The van der Waals surface area contributed by atoms with Crippen molar-refractivity contribution in [3.8, 4) is 0 Å². The maximum absolute atomic E-state index is 14.0. The quantitative estimate of drug-likeness (QED) is 0.849. The number of Topliss-reactive ketones (excluding diaryl/α,β-unsaturated/α-hetero) is 1. The zero-order valence-electron chi connectivity index (χ0n) is 11.6. The number of hydrogen-bond donors (Lipinski definition) is 1. The molecule has 0 aliphatic carbocycles. The minimum atomic E-state index is -0.426. The van der Waals surface area contributed by atoms with Gasteiger partial charge in [0.2, 0.25) is 0 Å². The highest BCUT2D eigenvalue weighted by Crippen LogP contribution is 2.24. The molecule has 3 nitrogen and oxygen atoms in total. The van der Waals surface area contributed by atoms with E-state index in [1.807, 2.05) is 19.9 Å². The third-order valence-corrected chi connectivity index (χ3v) is 3.56. The second-order valence-corrected chi connectivity index (χ2v) is 5.11. The second kappa shape index (κ2) is 5.80. The van der Waals surface area contributed by atoms with E-state index < -0.39 is 5.82 Å². The molecule has 1 aliphatic rings. The number of likely N-dealkylation sites (N-methyl/N-ethyl adjacent to an activating group) is 1. The fourth-order valence-electron chi connectivity index (χ4n) is 2.69. The van der Waals surface area contributed by atoms with E-state index >= 15 is 0 Å². The number of carbonyl (C=O) groups is 1. The van der Waals surface area contributed by atoms with Gasteiger partial charge in [-0.3, -0.25) is 4.79 Å². The zero-order chi connectivity index (χ0) is 14.0. The Hall–Kier alpha value is -1.26. The van der Waals surface area contributed by atoms with Gasteiger partial charge in [0.15, 0.2) is 5.78 Å². The van der Waals surface area contributed by atoms with E-state index in [0.29, 0.717) is 18.8 Å². The van der Waals surface area contributed by atoms with Crippen LogP contribution in [0.15, 0.2) is 12.1 Å². The predicted octanol–water partition coefficient (Wildman–Crippen LogP) is 2.25. The van der Waals surface area contributed by atoms with Crippen molar-refractivity contribution in [1.29, 1.82) is 0 Å². The van der Waals surface area contributed by atoms with Crippen molar-refractivity contribution >= 4 is 5.78 Å². The van der Waals surface area contributed by atoms with Gasteiger partial charge in [-0.05, 0) is 37.6 Å². The summed E-state index contributed by atoms with van der Waals surface area (Å²) in [4.78, 5) is 12.5. The molecule has 2 atom stereocenters. The summed E-state index contributed by atoms with van der Waals surface area (Å²) in [5, 5.41) is 3.23. The Balaban J connectivity index is 2.29. The van der Waals surface area contributed by atoms with Crippen LogP contribution in [-0.4, -0.2) is 31.6 Å². The summed E-state index contributed by atoms with van der Waals surface area (Å²) in [7, 11) is 0. The number of benzene rings is 1. The smallest absolute Gasteiger partial charge is 0.173 e. The maximum Gasteiger partial charge on any atom is 0.173 e. The minimum absolute atomic E-state index is 0.0161. The van der Waals surface area contributed by atoms with Crippen molar-refractivity contribution in [3.05, 3.63) is 34.6 Å². The van der Waals surface area contributed by atoms with Crippen molar-refractivity contribution in [2.45, 2.75) is 26.8 Å². The van der Waals surface area contributed by atoms with Crippen LogP contribution in [0.4, 0.5) is 4.39 Å². The number of ether oxygens (including phenoxy) is 1. The van der Waals surface area contributed by atoms with Gasteiger partial charge in [0.25, 0.3) is 0 Å². The van der Waals surface area contributed by atoms with E-state index in [1.165, 1.54) is 6.07 Å². The molecule has 2 unspecified atom stereocenters. The van der Waals surface area contributed by atoms with Crippen LogP contribution in [0, 0.1) is 25.6 Å². The predicted molar refractivity (Wildman–Crippen MR) is 72.0 cm³/mol. The molecule has 19 heavy (non-hydrogen) atoms. The van der Waals surface area contributed by atoms with Gasteiger partial charge in [-0.15, -0.1) is 0 Å². The fraction of sp³-hybridized carbons (Fsp3) is 0.533. The Bertz CT molecular complexity index is 464. The lowest BCUT2D eigenvalue weighted by atomic mass is 9.90. The summed E-state index contributed by atoms with van der Waals surface area (Å²) in [6.45, 7) is 7.23. The van der Waals surface area contributed by atoms with E-state index in [2.05, 4.69) is 5.32 Å². The first kappa shape index (κ1) is 14.2. The van der Waals surface area contributed by atoms with Gasteiger partial charge in [-0.2, -0.15) is 0 Å². The standard InChI is InChI=1S/C15H20FNO2/c1-4-17-13-8-19-7-11(13)15(18)14-10(3)5-9(2)6-12(14)16/h5-6,11,13,17H,4,7-8H2,1-3H3. The Morgan fingerprint density at radius 1 is 1.42 bits per heavy atom. The lowest BCUT2D eigenvalue weighted by molar-refractivity contribution is 0.0887. The van der Waals surface area contributed by atoms with E-state index in [9.17, 15) is 9.18 Å². The lowest BCUT2D eigenvalue weighted by Crippen LogP contribution is -2.39. The number of carbonyl (C=O) groups excluding carboxylic acids is 1. The first-order chi connectivity index (χ1) is 9.04. The van der Waals surface area contributed by atoms with Gasteiger partial charge in [0.05, 0.1) is 24.7 Å². The molecular formula is C15H20FNO2. The number of aryl methyl sites for hydroxylation is 2. The van der Waals surface area contributed by atoms with Crippen molar-refractivity contribution in [2.75, 3.05) is 19.8 Å². The van der Waals surface area contributed by atoms with Gasteiger partial charge in [-0.1, -0.05) is 13.0 Å². The first-order valence-electron chi connectivity index (χ1n) is 6.66. The molecule has 1 saturated heterocycles. The Morgan fingerprint density at radius 2 is 2.16 bits per heavy atom. The van der Waals surface area contributed by atoms with Crippen molar-refractivity contribution in [3.63, 3.8) is 0 Å². The Labute approximate surface area is 113 Å². The summed E-state index contributed by atoms with van der Waals surface area (Å²) < 4.78 is 19.4. The summed E-state index contributed by atoms with van der Waals surface area (Å²) in [5.41, 5.74) is 1.74. The molecule has 1 aromatic carbocycles. The largest absolute Gasteiger partial charge is 0.379 e. The molecule has 1 aliphatic heterocycles. The monoisotopic (exact) mass is 265 g/mol. The van der Waals surface area contributed by atoms with Gasteiger partial charge in [0.1, 0.15) is 5.82 Å². The van der Waals surface area contributed by atoms with Crippen LogP contribution in [0.2, 0.25) is 0 Å². The number of hydrogen-bond acceptors (Lipinski definition) is 3. The SMILES string of the molecule is CCNC1COCC1C(=O)c1c(C)cc(C)cc1F. The minimum Gasteiger partial charge on any atom is -0.379 e. The Kier molecular flexibility index (Phi) is 4.32. The summed E-state index contributed by atoms with van der Waals surface area (Å²) >= 11 is 0. The van der Waals surface area contributed by atoms with E-state index in [0.717, 1.165) is 12.1 Å². The molecule has 1 N–H and O–H groups in total. The van der Waals surface area contributed by atoms with Gasteiger partial charge in [-0.25, -0.2) is 4.39 Å². The van der Waals surface area contributed by atoms with Crippen LogP contribution in [0.3, 0.4) is 0 Å². The molecule has 0 amide bonds. The molecular weight excluding hydrogens is 245 g/mol. The van der Waals surface area contributed by atoms with Crippen molar-refractivity contribution in [2.24, 2.45) is 5.92 Å². The number of rotatable bonds is 4. The van der Waals surface area contributed by atoms with Crippen LogP contribution < -0.4 is 5.32 Å². The average Bonchev–Trinajstić information content (AvgIpc) is 2.76. The van der Waals surface area contributed by atoms with Crippen LogP contribution in [-0.2, 0) is 4.74 Å². The zero-order valence-corrected chi connectivity index (χ0v) is 11.6. The molecule has 1 heterocycles. The molecule has 0 radical (unpaired) electrons. The molecule has 0 bridgehead atoms. The Morgan fingerprint density at radius 3 is 2.79 bits per heavy atom. The van der Waals surface area contributed by atoms with Crippen LogP contribution >= 0.6 is 0 Å². The topological polar surface area (TPSA) is 38.3 Å².